The van der Waals surface area contributed by atoms with Crippen LogP contribution in [0.1, 0.15) is 24.5 Å². The quantitative estimate of drug-likeness (QED) is 0.619. The number of nitrogens with zero attached hydrogens (tertiary/aromatic N) is 2. The third kappa shape index (κ3) is 2.72. The Morgan fingerprint density at radius 2 is 1.62 bits per heavy atom. The van der Waals surface area contributed by atoms with Crippen molar-refractivity contribution in [3.05, 3.63) is 65.7 Å². The summed E-state index contributed by atoms with van der Waals surface area (Å²) >= 11 is 0. The Labute approximate surface area is 122 Å². The summed E-state index contributed by atoms with van der Waals surface area (Å²) in [5.41, 5.74) is 1.09. The Kier molecular flexibility index (Phi) is 4.57. The number of benzene rings is 2. The lowest BCUT2D eigenvalue weighted by atomic mass is 9.80. The number of rotatable bonds is 5. The first kappa shape index (κ1) is 14.6. The predicted octanol–water partition coefficient (Wildman–Crippen LogP) is 3.64. The van der Waals surface area contributed by atoms with Crippen LogP contribution in [-0.4, -0.2) is 12.2 Å². The second-order valence-electron chi connectivity index (χ2n) is 4.50. The van der Waals surface area contributed by atoms with Crippen LogP contribution < -0.4 is 0 Å². The molecule has 2 aromatic carbocycles. The summed E-state index contributed by atoms with van der Waals surface area (Å²) in [6.07, 6.45) is 3.75. The highest BCUT2D eigenvalue weighted by atomic mass is 16.1. The Balaban J connectivity index is 2.78. The van der Waals surface area contributed by atoms with Gasteiger partial charge in [-0.1, -0.05) is 55.5 Å². The SMILES string of the molecule is CCC(N=C=O)(c1ccccc1)c1ccccc1N=C=O. The summed E-state index contributed by atoms with van der Waals surface area (Å²) in [5.74, 6) is 0. The standard InChI is InChI=1S/C17H14N2O2/c1-2-17(19-13-21,14-8-4-3-5-9-14)15-10-6-7-11-16(15)18-12-20/h3-11H,2H2,1H3. The van der Waals surface area contributed by atoms with Gasteiger partial charge in [-0.05, 0) is 18.1 Å². The van der Waals surface area contributed by atoms with Gasteiger partial charge in [0.15, 0.2) is 0 Å². The molecule has 0 bridgehead atoms. The second kappa shape index (κ2) is 6.58. The van der Waals surface area contributed by atoms with E-state index in [9.17, 15) is 9.59 Å². The van der Waals surface area contributed by atoms with Crippen molar-refractivity contribution in [1.29, 1.82) is 0 Å². The molecular formula is C17H14N2O2. The van der Waals surface area contributed by atoms with Crippen LogP contribution in [0.4, 0.5) is 5.69 Å². The number of hydrogen-bond donors (Lipinski definition) is 0. The summed E-state index contributed by atoms with van der Waals surface area (Å²) in [7, 11) is 0. The lowest BCUT2D eigenvalue weighted by molar-refractivity contribution is 0.503. The van der Waals surface area contributed by atoms with Gasteiger partial charge in [-0.2, -0.15) is 9.98 Å². The van der Waals surface area contributed by atoms with Crippen molar-refractivity contribution in [1.82, 2.24) is 0 Å². The van der Waals surface area contributed by atoms with E-state index in [1.165, 1.54) is 0 Å². The zero-order valence-corrected chi connectivity index (χ0v) is 11.6. The third-order valence-corrected chi connectivity index (χ3v) is 3.52. The van der Waals surface area contributed by atoms with Gasteiger partial charge in [0, 0.05) is 5.56 Å². The molecule has 0 heterocycles. The molecular weight excluding hydrogens is 264 g/mol. The van der Waals surface area contributed by atoms with E-state index in [0.717, 1.165) is 5.56 Å². The molecule has 1 unspecified atom stereocenters. The van der Waals surface area contributed by atoms with Crippen LogP contribution in [0.2, 0.25) is 0 Å². The number of para-hydroxylation sites is 1. The maximum atomic E-state index is 11.0. The van der Waals surface area contributed by atoms with Crippen LogP contribution in [0.15, 0.2) is 64.6 Å². The largest absolute Gasteiger partial charge is 0.240 e. The van der Waals surface area contributed by atoms with Gasteiger partial charge in [-0.25, -0.2) is 9.59 Å². The van der Waals surface area contributed by atoms with E-state index < -0.39 is 5.54 Å². The molecule has 2 rings (SSSR count). The molecule has 0 radical (unpaired) electrons. The lowest BCUT2D eigenvalue weighted by Gasteiger charge is -2.29. The van der Waals surface area contributed by atoms with Crippen LogP contribution in [0.5, 0.6) is 0 Å². The van der Waals surface area contributed by atoms with Crippen LogP contribution in [0.25, 0.3) is 0 Å². The van der Waals surface area contributed by atoms with E-state index in [1.54, 1.807) is 24.3 Å². The average Bonchev–Trinajstić information content (AvgIpc) is 2.55. The molecule has 104 valence electrons. The zero-order chi connectivity index (χ0) is 15.1. The number of hydrogen-bond acceptors (Lipinski definition) is 4. The highest BCUT2D eigenvalue weighted by Gasteiger charge is 2.34. The van der Waals surface area contributed by atoms with Crippen molar-refractivity contribution in [2.45, 2.75) is 18.9 Å². The Morgan fingerprint density at radius 3 is 2.24 bits per heavy atom. The molecule has 0 fully saturated rings. The molecule has 0 aliphatic heterocycles. The first-order valence-corrected chi connectivity index (χ1v) is 6.60. The van der Waals surface area contributed by atoms with Gasteiger partial charge in [0.25, 0.3) is 0 Å². The van der Waals surface area contributed by atoms with Crippen molar-refractivity contribution in [2.75, 3.05) is 0 Å². The van der Waals surface area contributed by atoms with E-state index in [-0.39, 0.29) is 0 Å². The molecule has 0 aliphatic carbocycles. The molecule has 0 aliphatic rings. The van der Waals surface area contributed by atoms with Gasteiger partial charge in [-0.15, -0.1) is 0 Å². The Bertz CT molecular complexity index is 715. The molecule has 0 N–H and O–H groups in total. The minimum absolute atomic E-state index is 0.456. The summed E-state index contributed by atoms with van der Waals surface area (Å²) in [5, 5.41) is 0. The van der Waals surface area contributed by atoms with Gasteiger partial charge in [-0.3, -0.25) is 0 Å². The molecule has 0 saturated carbocycles. The van der Waals surface area contributed by atoms with Crippen molar-refractivity contribution in [2.24, 2.45) is 9.98 Å². The predicted molar refractivity (Wildman–Crippen MR) is 79.9 cm³/mol. The molecule has 0 aromatic heterocycles. The summed E-state index contributed by atoms with van der Waals surface area (Å²) < 4.78 is 0. The summed E-state index contributed by atoms with van der Waals surface area (Å²) in [4.78, 5) is 29.4. The fraction of sp³-hybridized carbons (Fsp3) is 0.176. The fourth-order valence-corrected chi connectivity index (χ4v) is 2.52. The van der Waals surface area contributed by atoms with Crippen LogP contribution in [0.3, 0.4) is 0 Å². The molecule has 0 amide bonds. The normalized spacial score (nSPS) is 12.6. The van der Waals surface area contributed by atoms with Gasteiger partial charge in [0.05, 0.1) is 5.69 Å². The van der Waals surface area contributed by atoms with Crippen molar-refractivity contribution >= 4 is 17.8 Å². The van der Waals surface area contributed by atoms with Crippen LogP contribution in [-0.2, 0) is 15.1 Å². The topological polar surface area (TPSA) is 58.9 Å². The maximum Gasteiger partial charge on any atom is 0.240 e. The third-order valence-electron chi connectivity index (χ3n) is 3.52. The number of isocyanates is 2. The minimum atomic E-state index is -0.903. The molecule has 0 spiro atoms. The zero-order valence-electron chi connectivity index (χ0n) is 11.6. The molecule has 21 heavy (non-hydrogen) atoms. The van der Waals surface area contributed by atoms with Gasteiger partial charge >= 0.3 is 0 Å². The molecule has 1 atom stereocenters. The fourth-order valence-electron chi connectivity index (χ4n) is 2.52. The molecule has 4 heteroatoms. The Morgan fingerprint density at radius 1 is 0.952 bits per heavy atom. The van der Waals surface area contributed by atoms with Crippen molar-refractivity contribution < 1.29 is 9.59 Å². The van der Waals surface area contributed by atoms with Crippen LogP contribution >= 0.6 is 0 Å². The highest BCUT2D eigenvalue weighted by Crippen LogP contribution is 2.41. The average molecular weight is 278 g/mol. The molecule has 4 nitrogen and oxygen atoms in total. The first-order valence-electron chi connectivity index (χ1n) is 6.60. The van der Waals surface area contributed by atoms with Crippen molar-refractivity contribution in [3.63, 3.8) is 0 Å². The van der Waals surface area contributed by atoms with E-state index in [2.05, 4.69) is 9.98 Å². The second-order valence-corrected chi connectivity index (χ2v) is 4.50. The Hall–Kier alpha value is -2.80. The van der Waals surface area contributed by atoms with Crippen molar-refractivity contribution in [3.8, 4) is 0 Å². The molecule has 2 aromatic rings. The van der Waals surface area contributed by atoms with E-state index >= 15 is 0 Å². The summed E-state index contributed by atoms with van der Waals surface area (Å²) in [6, 6.07) is 16.6. The van der Waals surface area contributed by atoms with Gasteiger partial charge in [0.2, 0.25) is 12.2 Å². The van der Waals surface area contributed by atoms with E-state index in [0.29, 0.717) is 17.7 Å². The maximum absolute atomic E-state index is 11.0. The number of carbonyl (C=O) groups excluding carboxylic acids is 2. The van der Waals surface area contributed by atoms with Crippen LogP contribution in [0, 0.1) is 0 Å². The monoisotopic (exact) mass is 278 g/mol. The van der Waals surface area contributed by atoms with E-state index in [4.69, 9.17) is 0 Å². The highest BCUT2D eigenvalue weighted by molar-refractivity contribution is 5.60. The van der Waals surface area contributed by atoms with Gasteiger partial charge in [0.1, 0.15) is 5.54 Å². The smallest absolute Gasteiger partial charge is 0.211 e. The first-order chi connectivity index (χ1) is 10.3. The van der Waals surface area contributed by atoms with E-state index in [1.807, 2.05) is 49.4 Å². The van der Waals surface area contributed by atoms with Gasteiger partial charge < -0.3 is 0 Å². The molecule has 0 saturated heterocycles. The number of aliphatic imine (C=N–C) groups is 2. The lowest BCUT2D eigenvalue weighted by Crippen LogP contribution is -2.24. The summed E-state index contributed by atoms with van der Waals surface area (Å²) in [6.45, 7) is 1.93. The minimum Gasteiger partial charge on any atom is -0.211 e.